The predicted molar refractivity (Wildman–Crippen MR) is 67.4 cm³/mol. The molecule has 0 aliphatic heterocycles. The van der Waals surface area contributed by atoms with E-state index in [9.17, 15) is 0 Å². The Morgan fingerprint density at radius 3 is 2.94 bits per heavy atom. The van der Waals surface area contributed by atoms with Crippen LogP contribution in [0.2, 0.25) is 0 Å². The molecule has 0 aliphatic rings. The van der Waals surface area contributed by atoms with Gasteiger partial charge in [0.2, 0.25) is 0 Å². The number of rotatable bonds is 4. The Morgan fingerprint density at radius 1 is 1.44 bits per heavy atom. The summed E-state index contributed by atoms with van der Waals surface area (Å²) in [6, 6.07) is 6.63. The predicted octanol–water partition coefficient (Wildman–Crippen LogP) is 2.41. The highest BCUT2D eigenvalue weighted by molar-refractivity contribution is 5.75. The Morgan fingerprint density at radius 2 is 2.25 bits per heavy atom. The van der Waals surface area contributed by atoms with Crippen LogP contribution in [0.5, 0.6) is 0 Å². The molecule has 0 aliphatic carbocycles. The zero-order chi connectivity index (χ0) is 11.5. The smallest absolute Gasteiger partial charge is 0.107 e. The second-order valence-electron chi connectivity index (χ2n) is 4.40. The van der Waals surface area contributed by atoms with Crippen LogP contribution in [0.4, 0.5) is 0 Å². The number of aromatic amines is 1. The fraction of sp³-hybridized carbons (Fsp3) is 0.462. The minimum absolute atomic E-state index is 0.236. The Kier molecular flexibility index (Phi) is 3.25. The minimum Gasteiger partial charge on any atom is -0.342 e. The molecule has 16 heavy (non-hydrogen) atoms. The van der Waals surface area contributed by atoms with Crippen molar-refractivity contribution in [2.75, 3.05) is 0 Å². The Bertz CT molecular complexity index is 471. The number of benzene rings is 1. The summed E-state index contributed by atoms with van der Waals surface area (Å²) in [7, 11) is 0. The van der Waals surface area contributed by atoms with E-state index in [1.807, 2.05) is 6.92 Å². The molecule has 86 valence electrons. The van der Waals surface area contributed by atoms with Gasteiger partial charge in [0.05, 0.1) is 11.0 Å². The van der Waals surface area contributed by atoms with Gasteiger partial charge in [-0.3, -0.25) is 0 Å². The molecule has 1 heterocycles. The minimum atomic E-state index is 0.236. The quantitative estimate of drug-likeness (QED) is 0.826. The van der Waals surface area contributed by atoms with Gasteiger partial charge < -0.3 is 10.7 Å². The normalized spacial score (nSPS) is 13.2. The molecule has 0 bridgehead atoms. The molecule has 0 amide bonds. The third-order valence-corrected chi connectivity index (χ3v) is 2.84. The van der Waals surface area contributed by atoms with E-state index in [0.29, 0.717) is 0 Å². The van der Waals surface area contributed by atoms with E-state index >= 15 is 0 Å². The van der Waals surface area contributed by atoms with E-state index in [4.69, 9.17) is 5.73 Å². The zero-order valence-electron chi connectivity index (χ0n) is 9.96. The fourth-order valence-electron chi connectivity index (χ4n) is 1.81. The van der Waals surface area contributed by atoms with E-state index in [-0.39, 0.29) is 6.04 Å². The van der Waals surface area contributed by atoms with Crippen LogP contribution in [-0.2, 0) is 12.8 Å². The van der Waals surface area contributed by atoms with Crippen LogP contribution < -0.4 is 5.73 Å². The van der Waals surface area contributed by atoms with Gasteiger partial charge in [-0.1, -0.05) is 13.0 Å². The Hall–Kier alpha value is -1.35. The number of aryl methyl sites for hydroxylation is 2. The number of aromatic nitrogens is 2. The van der Waals surface area contributed by atoms with Crippen molar-refractivity contribution >= 4 is 11.0 Å². The van der Waals surface area contributed by atoms with Gasteiger partial charge in [-0.2, -0.15) is 0 Å². The van der Waals surface area contributed by atoms with Crippen molar-refractivity contribution in [3.05, 3.63) is 29.6 Å². The molecular weight excluding hydrogens is 198 g/mol. The number of H-pyrrole nitrogens is 1. The largest absolute Gasteiger partial charge is 0.342 e. The number of nitrogens with zero attached hydrogens (tertiary/aromatic N) is 1. The number of hydrogen-bond acceptors (Lipinski definition) is 2. The van der Waals surface area contributed by atoms with Crippen molar-refractivity contribution in [3.63, 3.8) is 0 Å². The Balaban J connectivity index is 2.22. The second kappa shape index (κ2) is 4.66. The first-order valence-electron chi connectivity index (χ1n) is 5.92. The number of fused-ring (bicyclic) bond motifs is 1. The van der Waals surface area contributed by atoms with Gasteiger partial charge in [-0.25, -0.2) is 4.98 Å². The van der Waals surface area contributed by atoms with Crippen LogP contribution in [0.1, 0.15) is 31.7 Å². The first-order chi connectivity index (χ1) is 7.69. The monoisotopic (exact) mass is 217 g/mol. The lowest BCUT2D eigenvalue weighted by atomic mass is 10.1. The highest BCUT2D eigenvalue weighted by Crippen LogP contribution is 2.15. The number of hydrogen-bond donors (Lipinski definition) is 2. The third-order valence-electron chi connectivity index (χ3n) is 2.84. The third kappa shape index (κ3) is 2.42. The molecule has 0 spiro atoms. The maximum absolute atomic E-state index is 5.74. The summed E-state index contributed by atoms with van der Waals surface area (Å²) in [4.78, 5) is 7.91. The van der Waals surface area contributed by atoms with Crippen LogP contribution in [0.3, 0.4) is 0 Å². The lowest BCUT2D eigenvalue weighted by Gasteiger charge is -2.00. The van der Waals surface area contributed by atoms with Crippen molar-refractivity contribution in [1.29, 1.82) is 0 Å². The maximum Gasteiger partial charge on any atom is 0.107 e. The van der Waals surface area contributed by atoms with E-state index in [1.54, 1.807) is 0 Å². The van der Waals surface area contributed by atoms with Gasteiger partial charge in [0, 0.05) is 12.5 Å². The van der Waals surface area contributed by atoms with E-state index in [0.717, 1.165) is 36.1 Å². The van der Waals surface area contributed by atoms with E-state index < -0.39 is 0 Å². The van der Waals surface area contributed by atoms with Gasteiger partial charge >= 0.3 is 0 Å². The summed E-state index contributed by atoms with van der Waals surface area (Å²) in [6.45, 7) is 4.19. The average Bonchev–Trinajstić information content (AvgIpc) is 2.67. The molecule has 1 aromatic heterocycles. The van der Waals surface area contributed by atoms with Crippen LogP contribution in [0, 0.1) is 0 Å². The van der Waals surface area contributed by atoms with Gasteiger partial charge in [0.25, 0.3) is 0 Å². The Labute approximate surface area is 96.1 Å². The molecule has 3 heteroatoms. The van der Waals surface area contributed by atoms with Gasteiger partial charge in [0.1, 0.15) is 5.82 Å². The van der Waals surface area contributed by atoms with Crippen molar-refractivity contribution < 1.29 is 0 Å². The van der Waals surface area contributed by atoms with Crippen molar-refractivity contribution in [1.82, 2.24) is 9.97 Å². The molecule has 3 nitrogen and oxygen atoms in total. The van der Waals surface area contributed by atoms with Crippen LogP contribution in [-0.4, -0.2) is 16.0 Å². The summed E-state index contributed by atoms with van der Waals surface area (Å²) in [5.74, 6) is 1.04. The SMILES string of the molecule is CCc1ccc2nc(CCC(C)N)[nH]c2c1. The molecule has 1 aromatic carbocycles. The van der Waals surface area contributed by atoms with Crippen LogP contribution in [0.25, 0.3) is 11.0 Å². The molecule has 0 radical (unpaired) electrons. The number of nitrogens with two attached hydrogens (primary N) is 1. The van der Waals surface area contributed by atoms with E-state index in [1.165, 1.54) is 5.56 Å². The van der Waals surface area contributed by atoms with Crippen LogP contribution in [0.15, 0.2) is 18.2 Å². The molecule has 0 saturated carbocycles. The molecule has 2 aromatic rings. The lowest BCUT2D eigenvalue weighted by molar-refractivity contribution is 0.652. The first kappa shape index (κ1) is 11.1. The summed E-state index contributed by atoms with van der Waals surface area (Å²) >= 11 is 0. The summed E-state index contributed by atoms with van der Waals surface area (Å²) in [5, 5.41) is 0. The molecule has 3 N–H and O–H groups in total. The van der Waals surface area contributed by atoms with Crippen LogP contribution >= 0.6 is 0 Å². The zero-order valence-corrected chi connectivity index (χ0v) is 9.96. The van der Waals surface area contributed by atoms with Crippen molar-refractivity contribution in [2.24, 2.45) is 5.73 Å². The summed E-state index contributed by atoms with van der Waals surface area (Å²) in [6.07, 6.45) is 2.96. The standard InChI is InChI=1S/C13H19N3/c1-3-10-5-6-11-12(8-10)16-13(15-11)7-4-9(2)14/h5-6,8-9H,3-4,7,14H2,1-2H3,(H,15,16). The molecular formula is C13H19N3. The van der Waals surface area contributed by atoms with Crippen molar-refractivity contribution in [3.8, 4) is 0 Å². The van der Waals surface area contributed by atoms with Gasteiger partial charge in [0.15, 0.2) is 0 Å². The number of nitrogens with one attached hydrogen (secondary N) is 1. The highest BCUT2D eigenvalue weighted by atomic mass is 14.9. The van der Waals surface area contributed by atoms with Gasteiger partial charge in [-0.05, 0) is 37.5 Å². The fourth-order valence-corrected chi connectivity index (χ4v) is 1.81. The molecule has 1 atom stereocenters. The molecule has 0 fully saturated rings. The highest BCUT2D eigenvalue weighted by Gasteiger charge is 2.04. The second-order valence-corrected chi connectivity index (χ2v) is 4.40. The maximum atomic E-state index is 5.74. The lowest BCUT2D eigenvalue weighted by Crippen LogP contribution is -2.15. The van der Waals surface area contributed by atoms with E-state index in [2.05, 4.69) is 35.1 Å². The number of imidazole rings is 1. The molecule has 1 unspecified atom stereocenters. The average molecular weight is 217 g/mol. The topological polar surface area (TPSA) is 54.7 Å². The summed E-state index contributed by atoms with van der Waals surface area (Å²) in [5.41, 5.74) is 9.27. The first-order valence-corrected chi connectivity index (χ1v) is 5.92. The van der Waals surface area contributed by atoms with Gasteiger partial charge in [-0.15, -0.1) is 0 Å². The summed E-state index contributed by atoms with van der Waals surface area (Å²) < 4.78 is 0. The van der Waals surface area contributed by atoms with Crippen molar-refractivity contribution in [2.45, 2.75) is 39.2 Å². The molecule has 0 saturated heterocycles. The molecule has 2 rings (SSSR count).